The smallest absolute Gasteiger partial charge is 0.441 e. The van der Waals surface area contributed by atoms with E-state index in [1.165, 1.54) is 0 Å². The number of halogens is 4. The molecule has 0 atom stereocenters. The molecule has 0 saturated carbocycles. The van der Waals surface area contributed by atoms with Gasteiger partial charge in [0.05, 0.1) is 6.61 Å². The number of hydrogen-bond donors (Lipinski definition) is 1. The Balaban J connectivity index is 2.61. The Labute approximate surface area is 104 Å². The van der Waals surface area contributed by atoms with E-state index in [4.69, 9.17) is 9.84 Å². The number of hydrogen-bond acceptors (Lipinski definition) is 3. The molecule has 8 heteroatoms. The van der Waals surface area contributed by atoms with Gasteiger partial charge in [0.2, 0.25) is 0 Å². The van der Waals surface area contributed by atoms with Gasteiger partial charge in [0, 0.05) is 11.8 Å². The number of benzene rings is 1. The molecule has 3 nitrogen and oxygen atoms in total. The van der Waals surface area contributed by atoms with Crippen molar-refractivity contribution in [3.05, 3.63) is 29.6 Å². The van der Waals surface area contributed by atoms with Gasteiger partial charge in [0.15, 0.2) is 0 Å². The molecule has 0 heterocycles. The Kier molecular flexibility index (Phi) is 4.83. The van der Waals surface area contributed by atoms with Crippen molar-refractivity contribution in [1.82, 2.24) is 0 Å². The minimum atomic E-state index is -4.37. The summed E-state index contributed by atoms with van der Waals surface area (Å²) in [6.07, 6.45) is 0. The van der Waals surface area contributed by atoms with Gasteiger partial charge in [-0.15, -0.1) is 0 Å². The van der Waals surface area contributed by atoms with Gasteiger partial charge in [0.25, 0.3) is 0 Å². The molecule has 0 saturated heterocycles. The first kappa shape index (κ1) is 14.6. The second-order valence-corrected chi connectivity index (χ2v) is 4.25. The summed E-state index contributed by atoms with van der Waals surface area (Å²) in [6.45, 7) is -0.367. The van der Waals surface area contributed by atoms with Crippen molar-refractivity contribution in [2.24, 2.45) is 0 Å². The van der Waals surface area contributed by atoms with Gasteiger partial charge in [-0.05, 0) is 23.9 Å². The molecular formula is C10H8F4O3S. The van der Waals surface area contributed by atoms with Crippen molar-refractivity contribution in [2.75, 3.05) is 12.4 Å². The first-order valence-corrected chi connectivity index (χ1v) is 5.64. The SMILES string of the molecule is O=C(O)c1ccc(F)cc1OCCSC(F)(F)F. The number of carboxylic acids is 1. The third-order valence-corrected chi connectivity index (χ3v) is 2.48. The third kappa shape index (κ3) is 4.82. The molecule has 18 heavy (non-hydrogen) atoms. The summed E-state index contributed by atoms with van der Waals surface area (Å²) < 4.78 is 53.1. The van der Waals surface area contributed by atoms with E-state index in [1.54, 1.807) is 0 Å². The van der Waals surface area contributed by atoms with Crippen molar-refractivity contribution in [2.45, 2.75) is 5.51 Å². The molecular weight excluding hydrogens is 276 g/mol. The second-order valence-electron chi connectivity index (χ2n) is 3.09. The largest absolute Gasteiger partial charge is 0.492 e. The van der Waals surface area contributed by atoms with Crippen LogP contribution in [0.15, 0.2) is 18.2 Å². The summed E-state index contributed by atoms with van der Waals surface area (Å²) in [7, 11) is 0. The molecule has 100 valence electrons. The molecule has 0 radical (unpaired) electrons. The first-order valence-electron chi connectivity index (χ1n) is 4.66. The summed E-state index contributed by atoms with van der Waals surface area (Å²) in [4.78, 5) is 10.7. The monoisotopic (exact) mass is 284 g/mol. The second kappa shape index (κ2) is 5.94. The zero-order valence-electron chi connectivity index (χ0n) is 8.83. The fourth-order valence-corrected chi connectivity index (χ4v) is 1.50. The van der Waals surface area contributed by atoms with Crippen LogP contribution in [0.3, 0.4) is 0 Å². The van der Waals surface area contributed by atoms with E-state index in [9.17, 15) is 22.4 Å². The van der Waals surface area contributed by atoms with Gasteiger partial charge in [-0.3, -0.25) is 0 Å². The molecule has 0 aromatic heterocycles. The van der Waals surface area contributed by atoms with E-state index < -0.39 is 23.0 Å². The molecule has 0 spiro atoms. The number of ether oxygens (including phenoxy) is 1. The highest BCUT2D eigenvalue weighted by Gasteiger charge is 2.27. The summed E-state index contributed by atoms with van der Waals surface area (Å²) in [5, 5.41) is 8.75. The van der Waals surface area contributed by atoms with E-state index >= 15 is 0 Å². The zero-order valence-corrected chi connectivity index (χ0v) is 9.65. The quantitative estimate of drug-likeness (QED) is 0.666. The van der Waals surface area contributed by atoms with Gasteiger partial charge in [-0.1, -0.05) is 0 Å². The fourth-order valence-electron chi connectivity index (χ4n) is 1.10. The molecule has 0 aliphatic carbocycles. The third-order valence-electron chi connectivity index (χ3n) is 1.78. The minimum Gasteiger partial charge on any atom is -0.492 e. The topological polar surface area (TPSA) is 46.5 Å². The number of thioether (sulfide) groups is 1. The van der Waals surface area contributed by atoms with Crippen LogP contribution in [-0.4, -0.2) is 28.9 Å². The van der Waals surface area contributed by atoms with Gasteiger partial charge in [0.1, 0.15) is 17.1 Å². The first-order chi connectivity index (χ1) is 8.29. The Morgan fingerprint density at radius 3 is 2.61 bits per heavy atom. The van der Waals surface area contributed by atoms with Crippen molar-refractivity contribution in [1.29, 1.82) is 0 Å². The van der Waals surface area contributed by atoms with Crippen LogP contribution < -0.4 is 4.74 Å². The Bertz CT molecular complexity index is 434. The van der Waals surface area contributed by atoms with Gasteiger partial charge >= 0.3 is 11.5 Å². The molecule has 0 bridgehead atoms. The normalized spacial score (nSPS) is 11.3. The summed E-state index contributed by atoms with van der Waals surface area (Å²) in [6, 6.07) is 2.74. The van der Waals surface area contributed by atoms with E-state index in [-0.39, 0.29) is 29.7 Å². The van der Waals surface area contributed by atoms with Crippen LogP contribution in [0.25, 0.3) is 0 Å². The molecule has 1 N–H and O–H groups in total. The maximum absolute atomic E-state index is 12.9. The summed E-state index contributed by atoms with van der Waals surface area (Å²) >= 11 is -0.295. The maximum atomic E-state index is 12.9. The molecule has 1 aromatic rings. The van der Waals surface area contributed by atoms with Crippen LogP contribution in [0.5, 0.6) is 5.75 Å². The van der Waals surface area contributed by atoms with Crippen LogP contribution in [0, 0.1) is 5.82 Å². The lowest BCUT2D eigenvalue weighted by atomic mass is 10.2. The summed E-state index contributed by atoms with van der Waals surface area (Å²) in [5.74, 6) is -2.75. The summed E-state index contributed by atoms with van der Waals surface area (Å²) in [5.41, 5.74) is -4.67. The fraction of sp³-hybridized carbons (Fsp3) is 0.300. The highest BCUT2D eigenvalue weighted by Crippen LogP contribution is 2.30. The van der Waals surface area contributed by atoms with Gasteiger partial charge < -0.3 is 9.84 Å². The van der Waals surface area contributed by atoms with E-state index in [0.29, 0.717) is 0 Å². The van der Waals surface area contributed by atoms with Crippen LogP contribution >= 0.6 is 11.8 Å². The van der Waals surface area contributed by atoms with Gasteiger partial charge in [-0.2, -0.15) is 13.2 Å². The number of rotatable bonds is 5. The zero-order chi connectivity index (χ0) is 13.8. The molecule has 1 rings (SSSR count). The lowest BCUT2D eigenvalue weighted by Gasteiger charge is -2.10. The van der Waals surface area contributed by atoms with Crippen molar-refractivity contribution in [3.8, 4) is 5.75 Å². The average molecular weight is 284 g/mol. The minimum absolute atomic E-state index is 0.287. The Morgan fingerprint density at radius 1 is 1.39 bits per heavy atom. The standard InChI is InChI=1S/C10H8F4O3S/c11-6-1-2-7(9(15)16)8(5-6)17-3-4-18-10(12,13)14/h1-2,5H,3-4H2,(H,15,16). The molecule has 0 fully saturated rings. The van der Waals surface area contributed by atoms with Crippen LogP contribution in [0.1, 0.15) is 10.4 Å². The van der Waals surface area contributed by atoms with Crippen molar-refractivity contribution < 1.29 is 32.2 Å². The van der Waals surface area contributed by atoms with E-state index in [0.717, 1.165) is 18.2 Å². The van der Waals surface area contributed by atoms with Crippen LogP contribution in [0.4, 0.5) is 17.6 Å². The lowest BCUT2D eigenvalue weighted by molar-refractivity contribution is -0.0329. The molecule has 0 amide bonds. The van der Waals surface area contributed by atoms with Crippen molar-refractivity contribution >= 4 is 17.7 Å². The Hall–Kier alpha value is -1.44. The molecule has 1 aromatic carbocycles. The van der Waals surface area contributed by atoms with Crippen LogP contribution in [-0.2, 0) is 0 Å². The van der Waals surface area contributed by atoms with E-state index in [1.807, 2.05) is 0 Å². The average Bonchev–Trinajstić information content (AvgIpc) is 2.22. The highest BCUT2D eigenvalue weighted by molar-refractivity contribution is 8.00. The van der Waals surface area contributed by atoms with Gasteiger partial charge in [-0.25, -0.2) is 9.18 Å². The molecule has 0 aliphatic rings. The van der Waals surface area contributed by atoms with E-state index in [2.05, 4.69) is 0 Å². The number of carboxylic acid groups (broad SMARTS) is 1. The van der Waals surface area contributed by atoms with Crippen molar-refractivity contribution in [3.63, 3.8) is 0 Å². The molecule has 0 aliphatic heterocycles. The number of carbonyl (C=O) groups is 1. The highest BCUT2D eigenvalue weighted by atomic mass is 32.2. The lowest BCUT2D eigenvalue weighted by Crippen LogP contribution is -2.09. The molecule has 0 unspecified atom stereocenters. The predicted octanol–water partition coefficient (Wildman–Crippen LogP) is 3.16. The van der Waals surface area contributed by atoms with Crippen LogP contribution in [0.2, 0.25) is 0 Å². The Morgan fingerprint density at radius 2 is 2.06 bits per heavy atom. The number of aromatic carboxylic acids is 1. The number of alkyl halides is 3. The maximum Gasteiger partial charge on any atom is 0.441 e. The predicted molar refractivity (Wildman–Crippen MR) is 57.4 cm³/mol.